The molecule has 6 nitrogen and oxygen atoms in total. The Hall–Kier alpha value is -4.71. The summed E-state index contributed by atoms with van der Waals surface area (Å²) in [6.07, 6.45) is 68.6. The standard InChI is InChI=1S/C55H82O6/c1-4-7-10-13-16-19-21-23-25-26-27-28-30-31-33-36-39-42-45-48-54(57)60-51-52(50-59-53(56)47-44-41-38-35-18-15-12-9-6-3)61-55(58)49-46-43-40-37-34-32-29-24-22-20-17-14-11-8-5-2/h7,9-10,12-13,16-28,30-31,33,35,41,44,52H,4-6,8,11,14-15,29,32,34,36-40,42-43,45-51H2,1-3H3/b10-7-,12-9-,16-13-,20-17-,21-19-,24-22-,25-23-,27-26+,30-28-,33-31-,35-18-,44-41-. The fourth-order valence-electron chi connectivity index (χ4n) is 5.59. The van der Waals surface area contributed by atoms with Gasteiger partial charge >= 0.3 is 17.9 Å². The molecule has 0 aromatic carbocycles. The predicted molar refractivity (Wildman–Crippen MR) is 260 cm³/mol. The molecule has 0 aliphatic carbocycles. The highest BCUT2D eigenvalue weighted by molar-refractivity contribution is 5.72. The molecule has 0 heterocycles. The molecule has 0 rings (SSSR count). The zero-order valence-corrected chi connectivity index (χ0v) is 38.4. The van der Waals surface area contributed by atoms with E-state index in [1.807, 2.05) is 79.0 Å². The van der Waals surface area contributed by atoms with Gasteiger partial charge in [0.2, 0.25) is 0 Å². The first-order valence-corrected chi connectivity index (χ1v) is 23.5. The van der Waals surface area contributed by atoms with E-state index in [1.165, 1.54) is 32.1 Å². The van der Waals surface area contributed by atoms with Crippen molar-refractivity contribution < 1.29 is 28.6 Å². The second kappa shape index (κ2) is 48.0. The van der Waals surface area contributed by atoms with E-state index in [0.717, 1.165) is 83.5 Å². The topological polar surface area (TPSA) is 78.9 Å². The van der Waals surface area contributed by atoms with Crippen molar-refractivity contribution in [1.82, 2.24) is 0 Å². The molecule has 1 unspecified atom stereocenters. The van der Waals surface area contributed by atoms with Gasteiger partial charge in [0.15, 0.2) is 6.10 Å². The molecule has 0 aromatic rings. The van der Waals surface area contributed by atoms with Gasteiger partial charge in [0.05, 0.1) is 6.42 Å². The number of carbonyl (C=O) groups is 3. The third kappa shape index (κ3) is 46.2. The number of carbonyl (C=O) groups excluding carboxylic acids is 3. The number of ether oxygens (including phenoxy) is 3. The van der Waals surface area contributed by atoms with Crippen molar-refractivity contribution in [3.05, 3.63) is 146 Å². The summed E-state index contributed by atoms with van der Waals surface area (Å²) in [6.45, 7) is 6.15. The average Bonchev–Trinajstić information content (AvgIpc) is 3.26. The molecule has 0 radical (unpaired) electrons. The van der Waals surface area contributed by atoms with Crippen LogP contribution in [0.3, 0.4) is 0 Å². The van der Waals surface area contributed by atoms with E-state index in [4.69, 9.17) is 14.2 Å². The van der Waals surface area contributed by atoms with E-state index < -0.39 is 12.1 Å². The van der Waals surface area contributed by atoms with Crippen LogP contribution in [0.25, 0.3) is 0 Å². The number of allylic oxidation sites excluding steroid dienone is 23. The molecule has 0 aliphatic heterocycles. The van der Waals surface area contributed by atoms with Crippen molar-refractivity contribution in [2.75, 3.05) is 13.2 Å². The van der Waals surface area contributed by atoms with Crippen molar-refractivity contribution in [3.63, 3.8) is 0 Å². The highest BCUT2D eigenvalue weighted by Gasteiger charge is 2.19. The van der Waals surface area contributed by atoms with Crippen LogP contribution < -0.4 is 0 Å². The molecule has 0 spiro atoms. The smallest absolute Gasteiger partial charge is 0.309 e. The van der Waals surface area contributed by atoms with Crippen LogP contribution >= 0.6 is 0 Å². The molecule has 0 amide bonds. The summed E-state index contributed by atoms with van der Waals surface area (Å²) in [7, 11) is 0. The predicted octanol–water partition coefficient (Wildman–Crippen LogP) is 15.3. The minimum atomic E-state index is -0.844. The summed E-state index contributed by atoms with van der Waals surface area (Å²) in [5, 5.41) is 0. The first kappa shape index (κ1) is 56.3. The molecular formula is C55H82O6. The fraction of sp³-hybridized carbons (Fsp3) is 0.509. The van der Waals surface area contributed by atoms with Crippen LogP contribution in [0, 0.1) is 0 Å². The number of hydrogen-bond acceptors (Lipinski definition) is 6. The van der Waals surface area contributed by atoms with Crippen molar-refractivity contribution in [3.8, 4) is 0 Å². The molecule has 0 saturated carbocycles. The molecule has 61 heavy (non-hydrogen) atoms. The van der Waals surface area contributed by atoms with E-state index in [-0.39, 0.29) is 44.4 Å². The Bertz CT molecular complexity index is 1430. The van der Waals surface area contributed by atoms with Gasteiger partial charge in [-0.1, -0.05) is 212 Å². The second-order valence-electron chi connectivity index (χ2n) is 14.8. The van der Waals surface area contributed by atoms with Crippen LogP contribution in [0.1, 0.15) is 162 Å². The Morgan fingerprint density at radius 1 is 0.377 bits per heavy atom. The summed E-state index contributed by atoms with van der Waals surface area (Å²) in [4.78, 5) is 37.7. The fourth-order valence-corrected chi connectivity index (χ4v) is 5.59. The normalized spacial score (nSPS) is 13.4. The first-order chi connectivity index (χ1) is 30.0. The van der Waals surface area contributed by atoms with Gasteiger partial charge in [0.25, 0.3) is 0 Å². The summed E-state index contributed by atoms with van der Waals surface area (Å²) in [5.41, 5.74) is 0. The molecular weight excluding hydrogens is 757 g/mol. The van der Waals surface area contributed by atoms with Crippen LogP contribution in [-0.2, 0) is 28.6 Å². The maximum Gasteiger partial charge on any atom is 0.309 e. The third-order valence-corrected chi connectivity index (χ3v) is 9.06. The van der Waals surface area contributed by atoms with Crippen LogP contribution in [-0.4, -0.2) is 37.2 Å². The molecule has 0 aromatic heterocycles. The SMILES string of the molecule is CC\C=C/C=C\C=C/C=C\C=C\C=C/C=C\CCCCCC(=O)OCC(COC(=O)C/C=C\C/C=C\C/C=C\CC)OC(=O)CCCCCCCC/C=C\C=C/CCCCC. The van der Waals surface area contributed by atoms with Crippen molar-refractivity contribution in [2.24, 2.45) is 0 Å². The van der Waals surface area contributed by atoms with E-state index >= 15 is 0 Å². The van der Waals surface area contributed by atoms with Gasteiger partial charge < -0.3 is 14.2 Å². The van der Waals surface area contributed by atoms with Gasteiger partial charge in [0, 0.05) is 12.8 Å². The van der Waals surface area contributed by atoms with Crippen LogP contribution in [0.5, 0.6) is 0 Å². The van der Waals surface area contributed by atoms with Crippen molar-refractivity contribution in [1.29, 1.82) is 0 Å². The number of hydrogen-bond donors (Lipinski definition) is 0. The quantitative estimate of drug-likeness (QED) is 0.0202. The zero-order valence-electron chi connectivity index (χ0n) is 38.4. The summed E-state index contributed by atoms with van der Waals surface area (Å²) in [5.74, 6) is -1.14. The number of esters is 3. The van der Waals surface area contributed by atoms with E-state index in [2.05, 4.69) is 81.5 Å². The van der Waals surface area contributed by atoms with Crippen LogP contribution in [0.15, 0.2) is 146 Å². The zero-order chi connectivity index (χ0) is 44.4. The molecule has 0 saturated heterocycles. The van der Waals surface area contributed by atoms with Gasteiger partial charge in [-0.2, -0.15) is 0 Å². The van der Waals surface area contributed by atoms with Gasteiger partial charge in [-0.3, -0.25) is 14.4 Å². The molecule has 0 aliphatic rings. The lowest BCUT2D eigenvalue weighted by Gasteiger charge is -2.18. The molecule has 338 valence electrons. The largest absolute Gasteiger partial charge is 0.462 e. The van der Waals surface area contributed by atoms with E-state index in [9.17, 15) is 14.4 Å². The lowest BCUT2D eigenvalue weighted by molar-refractivity contribution is -0.166. The first-order valence-electron chi connectivity index (χ1n) is 23.5. The lowest BCUT2D eigenvalue weighted by Crippen LogP contribution is -2.30. The average molecular weight is 839 g/mol. The minimum absolute atomic E-state index is 0.116. The maximum atomic E-state index is 12.7. The Morgan fingerprint density at radius 2 is 0.770 bits per heavy atom. The number of rotatable bonds is 39. The van der Waals surface area contributed by atoms with Gasteiger partial charge in [-0.05, 0) is 77.0 Å². The Labute approximate surface area is 372 Å². The Morgan fingerprint density at radius 3 is 1.31 bits per heavy atom. The third-order valence-electron chi connectivity index (χ3n) is 9.06. The van der Waals surface area contributed by atoms with E-state index in [0.29, 0.717) is 6.42 Å². The highest BCUT2D eigenvalue weighted by Crippen LogP contribution is 2.12. The van der Waals surface area contributed by atoms with Crippen molar-refractivity contribution in [2.45, 2.75) is 168 Å². The monoisotopic (exact) mass is 839 g/mol. The maximum absolute atomic E-state index is 12.7. The molecule has 0 fully saturated rings. The van der Waals surface area contributed by atoms with Crippen molar-refractivity contribution >= 4 is 17.9 Å². The number of unbranched alkanes of at least 4 members (excludes halogenated alkanes) is 12. The Balaban J connectivity index is 4.57. The minimum Gasteiger partial charge on any atom is -0.462 e. The van der Waals surface area contributed by atoms with E-state index in [1.54, 1.807) is 6.08 Å². The van der Waals surface area contributed by atoms with Gasteiger partial charge in [-0.25, -0.2) is 0 Å². The molecule has 0 N–H and O–H groups in total. The molecule has 0 bridgehead atoms. The van der Waals surface area contributed by atoms with Crippen LogP contribution in [0.2, 0.25) is 0 Å². The van der Waals surface area contributed by atoms with Gasteiger partial charge in [-0.15, -0.1) is 0 Å². The molecule has 6 heteroatoms. The summed E-state index contributed by atoms with van der Waals surface area (Å²) < 4.78 is 16.6. The highest BCUT2D eigenvalue weighted by atomic mass is 16.6. The van der Waals surface area contributed by atoms with Gasteiger partial charge in [0.1, 0.15) is 13.2 Å². The Kier molecular flexibility index (Phi) is 44.3. The molecule has 1 atom stereocenters. The summed E-state index contributed by atoms with van der Waals surface area (Å²) in [6, 6.07) is 0. The lowest BCUT2D eigenvalue weighted by atomic mass is 10.1. The summed E-state index contributed by atoms with van der Waals surface area (Å²) >= 11 is 0. The van der Waals surface area contributed by atoms with Crippen LogP contribution in [0.4, 0.5) is 0 Å². The second-order valence-corrected chi connectivity index (χ2v) is 14.8.